The summed E-state index contributed by atoms with van der Waals surface area (Å²) in [6.07, 6.45) is 0. The van der Waals surface area contributed by atoms with Gasteiger partial charge in [0.05, 0.1) is 23.1 Å². The van der Waals surface area contributed by atoms with Gasteiger partial charge in [-0.2, -0.15) is 0 Å². The van der Waals surface area contributed by atoms with Crippen LogP contribution >= 0.6 is 11.3 Å². The van der Waals surface area contributed by atoms with E-state index >= 15 is 0 Å². The second-order valence-corrected chi connectivity index (χ2v) is 4.95. The maximum atomic E-state index is 11.3. The Kier molecular flexibility index (Phi) is 3.16. The van der Waals surface area contributed by atoms with E-state index < -0.39 is 0 Å². The lowest BCUT2D eigenvalue weighted by atomic mass is 10.1. The fraction of sp³-hybridized carbons (Fsp3) is 0.545. The molecular formula is C11H16N2O2S. The predicted octanol–water partition coefficient (Wildman–Crippen LogP) is 1.30. The van der Waals surface area contributed by atoms with Gasteiger partial charge in [0.1, 0.15) is 0 Å². The van der Waals surface area contributed by atoms with E-state index in [0.717, 1.165) is 36.9 Å². The highest BCUT2D eigenvalue weighted by molar-refractivity contribution is 7.18. The number of hydrogen-bond acceptors (Lipinski definition) is 4. The molecule has 0 saturated carbocycles. The predicted molar refractivity (Wildman–Crippen MR) is 65.3 cm³/mol. The number of carbonyl (C=O) groups is 1. The molecule has 1 aromatic heterocycles. The zero-order valence-corrected chi connectivity index (χ0v) is 10.4. The van der Waals surface area contributed by atoms with E-state index in [1.165, 1.54) is 16.9 Å². The number of rotatable bonds is 2. The molecule has 0 aromatic carbocycles. The Hall–Kier alpha value is -1.07. The largest absolute Gasteiger partial charge is 0.378 e. The topological polar surface area (TPSA) is 55.6 Å². The van der Waals surface area contributed by atoms with Gasteiger partial charge in [0, 0.05) is 13.1 Å². The summed E-state index contributed by atoms with van der Waals surface area (Å²) in [7, 11) is 0. The van der Waals surface area contributed by atoms with Crippen LogP contribution in [0.2, 0.25) is 0 Å². The fourth-order valence-electron chi connectivity index (χ4n) is 1.88. The number of ether oxygens (including phenoxy) is 1. The monoisotopic (exact) mass is 240 g/mol. The maximum absolute atomic E-state index is 11.3. The van der Waals surface area contributed by atoms with Gasteiger partial charge in [0.25, 0.3) is 5.91 Å². The van der Waals surface area contributed by atoms with E-state index in [4.69, 9.17) is 10.5 Å². The Morgan fingerprint density at radius 3 is 2.44 bits per heavy atom. The molecule has 0 atom stereocenters. The molecule has 0 aliphatic carbocycles. The zero-order valence-electron chi connectivity index (χ0n) is 9.58. The summed E-state index contributed by atoms with van der Waals surface area (Å²) >= 11 is 1.50. The number of anilines is 1. The summed E-state index contributed by atoms with van der Waals surface area (Å²) < 4.78 is 5.32. The summed E-state index contributed by atoms with van der Waals surface area (Å²) in [6.45, 7) is 7.28. The molecule has 1 amide bonds. The van der Waals surface area contributed by atoms with Gasteiger partial charge in [-0.25, -0.2) is 0 Å². The van der Waals surface area contributed by atoms with Crippen molar-refractivity contribution in [3.8, 4) is 0 Å². The van der Waals surface area contributed by atoms with Crippen LogP contribution in [0.5, 0.6) is 0 Å². The third-order valence-electron chi connectivity index (χ3n) is 2.94. The first-order valence-electron chi connectivity index (χ1n) is 5.33. The van der Waals surface area contributed by atoms with Crippen molar-refractivity contribution in [3.63, 3.8) is 0 Å². The van der Waals surface area contributed by atoms with Crippen LogP contribution in [0.3, 0.4) is 0 Å². The summed E-state index contributed by atoms with van der Waals surface area (Å²) in [6, 6.07) is 0. The lowest BCUT2D eigenvalue weighted by Crippen LogP contribution is -2.36. The van der Waals surface area contributed by atoms with Gasteiger partial charge in [-0.1, -0.05) is 0 Å². The summed E-state index contributed by atoms with van der Waals surface area (Å²) in [5.74, 6) is -0.329. The quantitative estimate of drug-likeness (QED) is 0.847. The molecule has 0 bridgehead atoms. The minimum absolute atomic E-state index is 0.329. The molecule has 1 aliphatic rings. The fourth-order valence-corrected chi connectivity index (χ4v) is 3.10. The second kappa shape index (κ2) is 4.43. The summed E-state index contributed by atoms with van der Waals surface area (Å²) in [5.41, 5.74) is 7.53. The second-order valence-electron chi connectivity index (χ2n) is 3.95. The van der Waals surface area contributed by atoms with Crippen LogP contribution in [0.25, 0.3) is 0 Å². The molecule has 88 valence electrons. The molecule has 0 unspecified atom stereocenters. The number of carbonyl (C=O) groups excluding carboxylic acids is 1. The van der Waals surface area contributed by atoms with Gasteiger partial charge in [-0.05, 0) is 25.0 Å². The molecule has 4 nitrogen and oxygen atoms in total. The van der Waals surface area contributed by atoms with Crippen molar-refractivity contribution in [1.82, 2.24) is 0 Å². The van der Waals surface area contributed by atoms with Crippen LogP contribution in [0.15, 0.2) is 0 Å². The smallest absolute Gasteiger partial charge is 0.259 e. The van der Waals surface area contributed by atoms with E-state index in [-0.39, 0.29) is 5.91 Å². The number of thiophene rings is 1. The SMILES string of the molecule is Cc1c(C(N)=O)sc(N2CCOCC2)c1C. The molecule has 2 rings (SSSR count). The Labute approximate surface area is 99.0 Å². The number of nitrogens with zero attached hydrogens (tertiary/aromatic N) is 1. The lowest BCUT2D eigenvalue weighted by molar-refractivity contribution is 0.100. The van der Waals surface area contributed by atoms with E-state index in [1.54, 1.807) is 0 Å². The van der Waals surface area contributed by atoms with Crippen LogP contribution in [0.4, 0.5) is 5.00 Å². The molecular weight excluding hydrogens is 224 g/mol. The molecule has 1 aliphatic heterocycles. The Morgan fingerprint density at radius 2 is 1.94 bits per heavy atom. The van der Waals surface area contributed by atoms with Crippen molar-refractivity contribution < 1.29 is 9.53 Å². The van der Waals surface area contributed by atoms with Gasteiger partial charge in [-0.15, -0.1) is 11.3 Å². The van der Waals surface area contributed by atoms with Crippen molar-refractivity contribution in [2.45, 2.75) is 13.8 Å². The Bertz CT molecular complexity index is 408. The molecule has 0 spiro atoms. The average molecular weight is 240 g/mol. The first kappa shape index (κ1) is 11.4. The molecule has 16 heavy (non-hydrogen) atoms. The minimum Gasteiger partial charge on any atom is -0.378 e. The van der Waals surface area contributed by atoms with Crippen molar-refractivity contribution in [3.05, 3.63) is 16.0 Å². The van der Waals surface area contributed by atoms with Crippen LogP contribution in [0, 0.1) is 13.8 Å². The molecule has 0 radical (unpaired) electrons. The standard InChI is InChI=1S/C11H16N2O2S/c1-7-8(2)11(16-9(7)10(12)14)13-3-5-15-6-4-13/h3-6H2,1-2H3,(H2,12,14). The van der Waals surface area contributed by atoms with Gasteiger partial charge in [-0.3, -0.25) is 4.79 Å². The molecule has 2 N–H and O–H groups in total. The third kappa shape index (κ3) is 1.92. The highest BCUT2D eigenvalue weighted by Crippen LogP contribution is 2.35. The van der Waals surface area contributed by atoms with Crippen LogP contribution in [-0.2, 0) is 4.74 Å². The minimum atomic E-state index is -0.329. The van der Waals surface area contributed by atoms with Crippen LogP contribution < -0.4 is 10.6 Å². The van der Waals surface area contributed by atoms with Gasteiger partial charge < -0.3 is 15.4 Å². The number of primary amides is 1. The number of hydrogen-bond donors (Lipinski definition) is 1. The number of morpholine rings is 1. The van der Waals surface area contributed by atoms with Crippen molar-refractivity contribution in [1.29, 1.82) is 0 Å². The summed E-state index contributed by atoms with van der Waals surface area (Å²) in [4.78, 5) is 14.2. The highest BCUT2D eigenvalue weighted by atomic mass is 32.1. The Balaban J connectivity index is 2.33. The lowest BCUT2D eigenvalue weighted by Gasteiger charge is -2.28. The van der Waals surface area contributed by atoms with E-state index in [2.05, 4.69) is 4.90 Å². The molecule has 1 saturated heterocycles. The van der Waals surface area contributed by atoms with Gasteiger partial charge >= 0.3 is 0 Å². The Morgan fingerprint density at radius 1 is 1.31 bits per heavy atom. The number of amides is 1. The molecule has 1 fully saturated rings. The number of nitrogens with two attached hydrogens (primary N) is 1. The first-order valence-corrected chi connectivity index (χ1v) is 6.15. The van der Waals surface area contributed by atoms with Crippen molar-refractivity contribution in [2.24, 2.45) is 5.73 Å². The van der Waals surface area contributed by atoms with E-state index in [9.17, 15) is 4.79 Å². The van der Waals surface area contributed by atoms with Crippen LogP contribution in [0.1, 0.15) is 20.8 Å². The summed E-state index contributed by atoms with van der Waals surface area (Å²) in [5, 5.41) is 1.16. The van der Waals surface area contributed by atoms with Gasteiger partial charge in [0.2, 0.25) is 0 Å². The first-order chi connectivity index (χ1) is 7.61. The van der Waals surface area contributed by atoms with Gasteiger partial charge in [0.15, 0.2) is 0 Å². The third-order valence-corrected chi connectivity index (χ3v) is 4.41. The molecule has 2 heterocycles. The molecule has 1 aromatic rings. The molecule has 5 heteroatoms. The highest BCUT2D eigenvalue weighted by Gasteiger charge is 2.20. The van der Waals surface area contributed by atoms with Crippen molar-refractivity contribution >= 4 is 22.2 Å². The van der Waals surface area contributed by atoms with Crippen LogP contribution in [-0.4, -0.2) is 32.2 Å². The van der Waals surface area contributed by atoms with E-state index in [0.29, 0.717) is 4.88 Å². The average Bonchev–Trinajstić information content (AvgIpc) is 2.58. The normalized spacial score (nSPS) is 16.5. The van der Waals surface area contributed by atoms with E-state index in [1.807, 2.05) is 13.8 Å². The zero-order chi connectivity index (χ0) is 11.7. The van der Waals surface area contributed by atoms with Crippen molar-refractivity contribution in [2.75, 3.05) is 31.2 Å². The maximum Gasteiger partial charge on any atom is 0.259 e.